The number of amides is 3. The second kappa shape index (κ2) is 9.80. The third-order valence-electron chi connectivity index (χ3n) is 6.30. The van der Waals surface area contributed by atoms with Crippen LogP contribution >= 0.6 is 0 Å². The molecule has 38 heavy (non-hydrogen) atoms. The third kappa shape index (κ3) is 4.78. The number of benzene rings is 1. The lowest BCUT2D eigenvalue weighted by Gasteiger charge is -2.41. The van der Waals surface area contributed by atoms with Gasteiger partial charge in [0.1, 0.15) is 17.7 Å². The average molecular weight is 528 g/mol. The van der Waals surface area contributed by atoms with Gasteiger partial charge in [-0.3, -0.25) is 14.5 Å². The minimum atomic E-state index is -0.734. The highest BCUT2D eigenvalue weighted by molar-refractivity contribution is 5.93. The summed E-state index contributed by atoms with van der Waals surface area (Å²) < 4.78 is 49.2. The molecule has 3 aromatic rings. The van der Waals surface area contributed by atoms with E-state index in [-0.39, 0.29) is 30.4 Å². The second-order valence-electron chi connectivity index (χ2n) is 9.26. The van der Waals surface area contributed by atoms with Crippen molar-refractivity contribution in [1.82, 2.24) is 29.6 Å². The summed E-state index contributed by atoms with van der Waals surface area (Å²) in [6, 6.07) is 5.02. The van der Waals surface area contributed by atoms with E-state index >= 15 is 0 Å². The van der Waals surface area contributed by atoms with Gasteiger partial charge < -0.3 is 14.5 Å². The van der Waals surface area contributed by atoms with Gasteiger partial charge in [-0.2, -0.15) is 10.2 Å². The van der Waals surface area contributed by atoms with Crippen molar-refractivity contribution in [3.63, 3.8) is 0 Å². The molecule has 10 nitrogen and oxygen atoms in total. The van der Waals surface area contributed by atoms with Gasteiger partial charge in [0.15, 0.2) is 17.3 Å². The minimum Gasteiger partial charge on any atom is -0.483 e. The monoisotopic (exact) mass is 527 g/mol. The SMILES string of the molecule is CN(C)C(=O)c1cc(-c2cc(OC3CN(C(=O)N4N=CC[C@H]4c4cc(F)cc(F)c4)C3)c(F)cn2)n(C)n1. The number of aryl methyl sites for hydroxylation is 1. The molecule has 1 aromatic carbocycles. The number of carbonyl (C=O) groups is 2. The molecule has 0 radical (unpaired) electrons. The largest absolute Gasteiger partial charge is 0.483 e. The van der Waals surface area contributed by atoms with E-state index in [2.05, 4.69) is 15.2 Å². The van der Waals surface area contributed by atoms with Crippen LogP contribution in [0.3, 0.4) is 0 Å². The molecule has 2 aliphatic heterocycles. The first kappa shape index (κ1) is 25.2. The fourth-order valence-corrected chi connectivity index (χ4v) is 4.33. The van der Waals surface area contributed by atoms with Crippen molar-refractivity contribution in [2.24, 2.45) is 12.1 Å². The zero-order valence-corrected chi connectivity index (χ0v) is 20.8. The minimum absolute atomic E-state index is 0.0545. The lowest BCUT2D eigenvalue weighted by Crippen LogP contribution is -2.58. The Morgan fingerprint density at radius 1 is 1.05 bits per heavy atom. The van der Waals surface area contributed by atoms with E-state index in [4.69, 9.17) is 4.74 Å². The Bertz CT molecular complexity index is 1420. The molecule has 198 valence electrons. The maximum absolute atomic E-state index is 14.5. The first-order valence-electron chi connectivity index (χ1n) is 11.8. The van der Waals surface area contributed by atoms with Gasteiger partial charge in [0.05, 0.1) is 36.7 Å². The van der Waals surface area contributed by atoms with E-state index in [1.807, 2.05) is 0 Å². The number of ether oxygens (including phenoxy) is 1. The van der Waals surface area contributed by atoms with Crippen molar-refractivity contribution in [2.75, 3.05) is 27.2 Å². The van der Waals surface area contributed by atoms with Crippen LogP contribution in [0.5, 0.6) is 5.75 Å². The Morgan fingerprint density at radius 3 is 2.45 bits per heavy atom. The fraction of sp³-hybridized carbons (Fsp3) is 0.320. The molecule has 2 aromatic heterocycles. The lowest BCUT2D eigenvalue weighted by atomic mass is 10.0. The summed E-state index contributed by atoms with van der Waals surface area (Å²) in [5.74, 6) is -2.48. The molecule has 1 atom stereocenters. The van der Waals surface area contributed by atoms with E-state index in [9.17, 15) is 22.8 Å². The number of nitrogens with zero attached hydrogens (tertiary/aromatic N) is 7. The second-order valence-corrected chi connectivity index (χ2v) is 9.26. The molecule has 0 unspecified atom stereocenters. The Balaban J connectivity index is 1.25. The van der Waals surface area contributed by atoms with Crippen LogP contribution in [0.1, 0.15) is 28.5 Å². The van der Waals surface area contributed by atoms with Crippen LogP contribution in [0, 0.1) is 17.5 Å². The maximum atomic E-state index is 14.5. The van der Waals surface area contributed by atoms with Gasteiger partial charge in [-0.05, 0) is 23.8 Å². The molecule has 3 amide bonds. The van der Waals surface area contributed by atoms with Gasteiger partial charge in [0, 0.05) is 45.9 Å². The highest BCUT2D eigenvalue weighted by Gasteiger charge is 2.39. The Kier molecular flexibility index (Phi) is 6.51. The number of aromatic nitrogens is 3. The number of carbonyl (C=O) groups excluding carboxylic acids is 2. The summed E-state index contributed by atoms with van der Waals surface area (Å²) in [6.45, 7) is 0.332. The topological polar surface area (TPSA) is 96.2 Å². The van der Waals surface area contributed by atoms with Crippen LogP contribution in [0.4, 0.5) is 18.0 Å². The summed E-state index contributed by atoms with van der Waals surface area (Å²) in [6.07, 6.45) is 2.37. The standard InChI is InChI=1S/C25H24F3N7O3/c1-32(2)24(36)20-9-22(33(3)31-20)19-10-23(18(28)11-29-19)38-17-12-34(13-17)25(37)35-21(4-5-30-35)14-6-15(26)8-16(27)7-14/h5-11,17,21H,4,12-13H2,1-3H3/t21-/m0/s1. The maximum Gasteiger partial charge on any atom is 0.341 e. The number of pyridine rings is 1. The quantitative estimate of drug-likeness (QED) is 0.508. The van der Waals surface area contributed by atoms with Gasteiger partial charge in [-0.25, -0.2) is 23.0 Å². The van der Waals surface area contributed by atoms with Gasteiger partial charge in [-0.1, -0.05) is 0 Å². The molecule has 4 heterocycles. The normalized spacial score (nSPS) is 17.1. The summed E-state index contributed by atoms with van der Waals surface area (Å²) in [7, 11) is 4.88. The molecule has 0 N–H and O–H groups in total. The fourth-order valence-electron chi connectivity index (χ4n) is 4.33. The number of likely N-dealkylation sites (tertiary alicyclic amines) is 1. The van der Waals surface area contributed by atoms with E-state index in [1.165, 1.54) is 43.9 Å². The molecule has 5 rings (SSSR count). The van der Waals surface area contributed by atoms with Gasteiger partial charge in [-0.15, -0.1) is 0 Å². The Hall–Kier alpha value is -4.42. The molecule has 0 saturated carbocycles. The van der Waals surface area contributed by atoms with Crippen LogP contribution in [0.15, 0.2) is 41.6 Å². The zero-order chi connectivity index (χ0) is 27.1. The molecule has 0 bridgehead atoms. The van der Waals surface area contributed by atoms with Gasteiger partial charge in [0.25, 0.3) is 5.91 Å². The molecular formula is C25H24F3N7O3. The van der Waals surface area contributed by atoms with E-state index < -0.39 is 35.6 Å². The highest BCUT2D eigenvalue weighted by atomic mass is 19.1. The molecule has 1 fully saturated rings. The summed E-state index contributed by atoms with van der Waals surface area (Å²) in [5, 5.41) is 9.47. The number of urea groups is 1. The van der Waals surface area contributed by atoms with E-state index in [0.717, 1.165) is 12.3 Å². The number of halogens is 3. The molecule has 1 saturated heterocycles. The van der Waals surface area contributed by atoms with Crippen molar-refractivity contribution in [3.05, 3.63) is 65.2 Å². The Labute approximate surface area is 215 Å². The lowest BCUT2D eigenvalue weighted by molar-refractivity contribution is 0.0256. The highest BCUT2D eigenvalue weighted by Crippen LogP contribution is 2.32. The number of hydrogen-bond donors (Lipinski definition) is 0. The van der Waals surface area contributed by atoms with Crippen molar-refractivity contribution < 1.29 is 27.5 Å². The van der Waals surface area contributed by atoms with Crippen molar-refractivity contribution in [1.29, 1.82) is 0 Å². The molecule has 0 aliphatic carbocycles. The van der Waals surface area contributed by atoms with Crippen LogP contribution in [0.25, 0.3) is 11.4 Å². The summed E-state index contributed by atoms with van der Waals surface area (Å²) in [5.41, 5.74) is 1.38. The Morgan fingerprint density at radius 2 is 1.76 bits per heavy atom. The smallest absolute Gasteiger partial charge is 0.341 e. The number of hydrazone groups is 1. The molecule has 13 heteroatoms. The van der Waals surface area contributed by atoms with E-state index in [1.54, 1.807) is 27.2 Å². The van der Waals surface area contributed by atoms with Gasteiger partial charge >= 0.3 is 6.03 Å². The predicted molar refractivity (Wildman–Crippen MR) is 130 cm³/mol. The van der Waals surface area contributed by atoms with Crippen LogP contribution < -0.4 is 4.74 Å². The molecular weight excluding hydrogens is 503 g/mol. The summed E-state index contributed by atoms with van der Waals surface area (Å²) >= 11 is 0. The summed E-state index contributed by atoms with van der Waals surface area (Å²) in [4.78, 5) is 32.2. The number of rotatable bonds is 5. The van der Waals surface area contributed by atoms with Crippen molar-refractivity contribution in [3.8, 4) is 17.1 Å². The first-order chi connectivity index (χ1) is 18.1. The van der Waals surface area contributed by atoms with Crippen molar-refractivity contribution in [2.45, 2.75) is 18.6 Å². The first-order valence-corrected chi connectivity index (χ1v) is 11.8. The average Bonchev–Trinajstić information content (AvgIpc) is 3.48. The third-order valence-corrected chi connectivity index (χ3v) is 6.30. The van der Waals surface area contributed by atoms with Crippen LogP contribution in [0.2, 0.25) is 0 Å². The van der Waals surface area contributed by atoms with E-state index in [0.29, 0.717) is 23.4 Å². The molecule has 2 aliphatic rings. The number of hydrogen-bond acceptors (Lipinski definition) is 6. The predicted octanol–water partition coefficient (Wildman–Crippen LogP) is 3.22. The van der Waals surface area contributed by atoms with Crippen LogP contribution in [-0.2, 0) is 7.05 Å². The molecule has 0 spiro atoms. The zero-order valence-electron chi connectivity index (χ0n) is 20.8. The van der Waals surface area contributed by atoms with Gasteiger partial charge in [0.2, 0.25) is 0 Å². The van der Waals surface area contributed by atoms with Crippen LogP contribution in [-0.4, -0.2) is 81.0 Å². The van der Waals surface area contributed by atoms with Crippen molar-refractivity contribution >= 4 is 18.2 Å².